The molecule has 1 amide bonds. The molecule has 0 unspecified atom stereocenters. The largest absolute Gasteiger partial charge is 0.490 e. The molecule has 1 aliphatic rings. The van der Waals surface area contributed by atoms with Crippen molar-refractivity contribution in [3.8, 4) is 11.5 Å². The van der Waals surface area contributed by atoms with Crippen LogP contribution in [0.1, 0.15) is 35.7 Å². The van der Waals surface area contributed by atoms with Crippen molar-refractivity contribution in [1.82, 2.24) is 5.43 Å². The zero-order valence-corrected chi connectivity index (χ0v) is 17.8. The summed E-state index contributed by atoms with van der Waals surface area (Å²) in [7, 11) is 1.30. The third-order valence-corrected chi connectivity index (χ3v) is 4.82. The van der Waals surface area contributed by atoms with Gasteiger partial charge in [-0.05, 0) is 67.8 Å². The van der Waals surface area contributed by atoms with Gasteiger partial charge in [0.05, 0.1) is 19.9 Å². The third kappa shape index (κ3) is 6.21. The third-order valence-electron chi connectivity index (χ3n) is 4.82. The van der Waals surface area contributed by atoms with Crippen LogP contribution in [0.2, 0.25) is 0 Å². The summed E-state index contributed by atoms with van der Waals surface area (Å²) in [6, 6.07) is 12.7. The van der Waals surface area contributed by atoms with Gasteiger partial charge in [0.1, 0.15) is 0 Å². The van der Waals surface area contributed by atoms with Gasteiger partial charge in [-0.2, -0.15) is 5.10 Å². The lowest BCUT2D eigenvalue weighted by Gasteiger charge is -2.17. The predicted octanol–water partition coefficient (Wildman–Crippen LogP) is 3.00. The van der Waals surface area contributed by atoms with Crippen LogP contribution in [0.4, 0.5) is 5.69 Å². The number of benzene rings is 2. The Bertz CT molecular complexity index is 921. The Hall–Kier alpha value is -3.55. The van der Waals surface area contributed by atoms with Gasteiger partial charge in [0.2, 0.25) is 0 Å². The molecule has 2 aromatic carbocycles. The Morgan fingerprint density at radius 1 is 1.06 bits per heavy atom. The number of esters is 1. The van der Waals surface area contributed by atoms with E-state index in [0.717, 1.165) is 18.8 Å². The Balaban J connectivity index is 1.59. The first-order valence-electron chi connectivity index (χ1n) is 10.3. The van der Waals surface area contributed by atoms with Crippen molar-refractivity contribution in [3.63, 3.8) is 0 Å². The molecule has 1 N–H and O–H groups in total. The lowest BCUT2D eigenvalue weighted by Crippen LogP contribution is -2.19. The Labute approximate surface area is 181 Å². The van der Waals surface area contributed by atoms with Gasteiger partial charge in [-0.15, -0.1) is 0 Å². The molecule has 3 rings (SSSR count). The molecule has 31 heavy (non-hydrogen) atoms. The fourth-order valence-electron chi connectivity index (χ4n) is 3.22. The number of anilines is 1. The summed E-state index contributed by atoms with van der Waals surface area (Å²) in [4.78, 5) is 25.9. The van der Waals surface area contributed by atoms with Crippen LogP contribution in [0.25, 0.3) is 0 Å². The molecule has 0 aliphatic carbocycles. The summed E-state index contributed by atoms with van der Waals surface area (Å²) >= 11 is 0. The minimum Gasteiger partial charge on any atom is -0.490 e. The molecule has 1 aliphatic heterocycles. The topological polar surface area (TPSA) is 89.5 Å². The normalized spacial score (nSPS) is 13.3. The number of hydrogen-bond donors (Lipinski definition) is 1. The quantitative estimate of drug-likeness (QED) is 0.377. The number of rotatable bonds is 9. The molecule has 2 aromatic rings. The second-order valence-electron chi connectivity index (χ2n) is 6.94. The standard InChI is InChI=1S/C23H27N3O5/c1-3-30-21-14-17(6-11-20(21)31-16-22(27)29-2)15-24-25-23(28)18-7-9-19(10-8-18)26-12-4-5-13-26/h6-11,14-15H,3-5,12-13,16H2,1-2H3,(H,25,28)/b24-15-. The van der Waals surface area contributed by atoms with Gasteiger partial charge in [0.25, 0.3) is 5.91 Å². The SMILES string of the molecule is CCOc1cc(/C=N\NC(=O)c2ccc(N3CCCC3)cc2)ccc1OCC(=O)OC. The molecule has 0 saturated carbocycles. The summed E-state index contributed by atoms with van der Waals surface area (Å²) in [6.07, 6.45) is 3.93. The summed E-state index contributed by atoms with van der Waals surface area (Å²) < 4.78 is 15.6. The van der Waals surface area contributed by atoms with Crippen LogP contribution in [-0.2, 0) is 9.53 Å². The molecular weight excluding hydrogens is 398 g/mol. The first-order chi connectivity index (χ1) is 15.1. The molecule has 8 heteroatoms. The van der Waals surface area contributed by atoms with E-state index in [1.54, 1.807) is 30.3 Å². The highest BCUT2D eigenvalue weighted by Crippen LogP contribution is 2.28. The van der Waals surface area contributed by atoms with Crippen molar-refractivity contribution < 1.29 is 23.8 Å². The van der Waals surface area contributed by atoms with Crippen molar-refractivity contribution in [1.29, 1.82) is 0 Å². The van der Waals surface area contributed by atoms with E-state index in [1.165, 1.54) is 26.2 Å². The van der Waals surface area contributed by atoms with Gasteiger partial charge in [-0.25, -0.2) is 10.2 Å². The van der Waals surface area contributed by atoms with Gasteiger partial charge in [0.15, 0.2) is 18.1 Å². The fourth-order valence-corrected chi connectivity index (χ4v) is 3.22. The van der Waals surface area contributed by atoms with E-state index in [2.05, 4.69) is 20.2 Å². The smallest absolute Gasteiger partial charge is 0.343 e. The van der Waals surface area contributed by atoms with Gasteiger partial charge in [0, 0.05) is 24.3 Å². The molecule has 164 valence electrons. The summed E-state index contributed by atoms with van der Waals surface area (Å²) in [6.45, 7) is 4.19. The van der Waals surface area contributed by atoms with Crippen molar-refractivity contribution in [2.45, 2.75) is 19.8 Å². The first-order valence-corrected chi connectivity index (χ1v) is 10.3. The highest BCUT2D eigenvalue weighted by molar-refractivity contribution is 5.95. The number of hydrogen-bond acceptors (Lipinski definition) is 7. The molecule has 1 saturated heterocycles. The van der Waals surface area contributed by atoms with E-state index < -0.39 is 5.97 Å². The molecule has 8 nitrogen and oxygen atoms in total. The van der Waals surface area contributed by atoms with E-state index in [9.17, 15) is 9.59 Å². The van der Waals surface area contributed by atoms with Gasteiger partial charge >= 0.3 is 5.97 Å². The number of carbonyl (C=O) groups is 2. The zero-order valence-electron chi connectivity index (χ0n) is 17.8. The Kier molecular flexibility index (Phi) is 7.86. The second kappa shape index (κ2) is 11.0. The second-order valence-corrected chi connectivity index (χ2v) is 6.94. The molecule has 0 radical (unpaired) electrons. The maximum Gasteiger partial charge on any atom is 0.343 e. The number of hydrazone groups is 1. The number of carbonyl (C=O) groups excluding carboxylic acids is 2. The Morgan fingerprint density at radius 2 is 1.81 bits per heavy atom. The zero-order chi connectivity index (χ0) is 22.1. The lowest BCUT2D eigenvalue weighted by atomic mass is 10.2. The van der Waals surface area contributed by atoms with Crippen LogP contribution < -0.4 is 19.8 Å². The fraction of sp³-hybridized carbons (Fsp3) is 0.348. The molecular formula is C23H27N3O5. The van der Waals surface area contributed by atoms with E-state index in [4.69, 9.17) is 9.47 Å². The van der Waals surface area contributed by atoms with Crippen molar-refractivity contribution in [3.05, 3.63) is 53.6 Å². The van der Waals surface area contributed by atoms with Crippen LogP contribution in [0.3, 0.4) is 0 Å². The highest BCUT2D eigenvalue weighted by Gasteiger charge is 2.13. The minimum atomic E-state index is -0.482. The number of amides is 1. The molecule has 1 heterocycles. The number of nitrogens with one attached hydrogen (secondary N) is 1. The molecule has 0 atom stereocenters. The van der Waals surface area contributed by atoms with Crippen LogP contribution >= 0.6 is 0 Å². The van der Waals surface area contributed by atoms with Gasteiger partial charge in [-0.1, -0.05) is 0 Å². The maximum absolute atomic E-state index is 12.3. The average Bonchev–Trinajstić information content (AvgIpc) is 3.33. The predicted molar refractivity (Wildman–Crippen MR) is 118 cm³/mol. The van der Waals surface area contributed by atoms with Crippen LogP contribution in [0.15, 0.2) is 47.6 Å². The van der Waals surface area contributed by atoms with E-state index >= 15 is 0 Å². The summed E-state index contributed by atoms with van der Waals surface area (Å²) in [5.74, 6) is 0.127. The Morgan fingerprint density at radius 3 is 2.48 bits per heavy atom. The monoisotopic (exact) mass is 425 g/mol. The average molecular weight is 425 g/mol. The minimum absolute atomic E-state index is 0.212. The first kappa shape index (κ1) is 22.1. The molecule has 0 spiro atoms. The maximum atomic E-state index is 12.3. The van der Waals surface area contributed by atoms with E-state index in [1.807, 2.05) is 19.1 Å². The van der Waals surface area contributed by atoms with Gasteiger partial charge < -0.3 is 19.1 Å². The number of methoxy groups -OCH3 is 1. The van der Waals surface area contributed by atoms with Crippen molar-refractivity contribution >= 4 is 23.8 Å². The molecule has 0 aromatic heterocycles. The number of nitrogens with zero attached hydrogens (tertiary/aromatic N) is 2. The lowest BCUT2D eigenvalue weighted by molar-refractivity contribution is -0.142. The molecule has 0 bridgehead atoms. The van der Waals surface area contributed by atoms with Crippen LogP contribution in [0.5, 0.6) is 11.5 Å². The van der Waals surface area contributed by atoms with Crippen molar-refractivity contribution in [2.75, 3.05) is 38.3 Å². The molecule has 1 fully saturated rings. The summed E-state index contributed by atoms with van der Waals surface area (Å²) in [5, 5.41) is 4.03. The van der Waals surface area contributed by atoms with Crippen molar-refractivity contribution in [2.24, 2.45) is 5.10 Å². The highest BCUT2D eigenvalue weighted by atomic mass is 16.6. The van der Waals surface area contributed by atoms with E-state index in [0.29, 0.717) is 29.2 Å². The van der Waals surface area contributed by atoms with Gasteiger partial charge in [-0.3, -0.25) is 4.79 Å². The number of ether oxygens (including phenoxy) is 3. The van der Waals surface area contributed by atoms with Crippen LogP contribution in [0, 0.1) is 0 Å². The summed E-state index contributed by atoms with van der Waals surface area (Å²) in [5.41, 5.74) is 4.92. The van der Waals surface area contributed by atoms with Crippen LogP contribution in [-0.4, -0.2) is 51.5 Å². The van der Waals surface area contributed by atoms with E-state index in [-0.39, 0.29) is 12.5 Å².